The second-order valence-corrected chi connectivity index (χ2v) is 7.02. The van der Waals surface area contributed by atoms with Crippen molar-refractivity contribution in [2.45, 2.75) is 38.1 Å². The van der Waals surface area contributed by atoms with E-state index >= 15 is 0 Å². The molecule has 6 nitrogen and oxygen atoms in total. The second kappa shape index (κ2) is 6.63. The fourth-order valence-corrected chi connectivity index (χ4v) is 3.78. The third-order valence-electron chi connectivity index (χ3n) is 5.01. The number of nitrogens with zero attached hydrogens (tertiary/aromatic N) is 1. The first kappa shape index (κ1) is 17.7. The molecule has 0 unspecified atom stereocenters. The Kier molecular flexibility index (Phi) is 4.69. The van der Waals surface area contributed by atoms with Crippen LogP contribution < -0.4 is 10.6 Å². The first-order valence-electron chi connectivity index (χ1n) is 8.22. The molecular weight excluding hydrogens is 349 g/mol. The molecule has 0 bridgehead atoms. The lowest BCUT2D eigenvalue weighted by Gasteiger charge is -2.36. The van der Waals surface area contributed by atoms with Gasteiger partial charge in [-0.05, 0) is 37.0 Å². The van der Waals surface area contributed by atoms with Crippen LogP contribution in [0.3, 0.4) is 0 Å². The molecule has 2 aliphatic rings. The average molecular weight is 368 g/mol. The number of amides is 4. The van der Waals surface area contributed by atoms with E-state index in [2.05, 4.69) is 10.6 Å². The highest BCUT2D eigenvalue weighted by atomic mass is 35.5. The number of nitrogens with one attached hydrogen (secondary N) is 2. The van der Waals surface area contributed by atoms with Crippen LogP contribution in [0.2, 0.25) is 5.02 Å². The maximum absolute atomic E-state index is 13.1. The fraction of sp³-hybridized carbons (Fsp3) is 0.471. The van der Waals surface area contributed by atoms with Gasteiger partial charge in [0.05, 0.1) is 10.7 Å². The topological polar surface area (TPSA) is 78.5 Å². The van der Waals surface area contributed by atoms with Crippen molar-refractivity contribution < 1.29 is 18.8 Å². The Bertz CT molecular complexity index is 742. The Morgan fingerprint density at radius 2 is 2.20 bits per heavy atom. The highest BCUT2D eigenvalue weighted by Crippen LogP contribution is 2.38. The number of hydrogen-bond acceptors (Lipinski definition) is 3. The lowest BCUT2D eigenvalue weighted by atomic mass is 9.73. The van der Waals surface area contributed by atoms with E-state index < -0.39 is 29.8 Å². The van der Waals surface area contributed by atoms with E-state index in [1.165, 1.54) is 6.07 Å². The highest BCUT2D eigenvalue weighted by Gasteiger charge is 2.55. The molecule has 1 aliphatic heterocycles. The maximum atomic E-state index is 13.1. The summed E-state index contributed by atoms with van der Waals surface area (Å²) in [5.41, 5.74) is -0.677. The molecule has 2 N–H and O–H groups in total. The van der Waals surface area contributed by atoms with Gasteiger partial charge >= 0.3 is 6.03 Å². The number of urea groups is 1. The number of carbonyl (C=O) groups excluding carboxylic acids is 3. The molecule has 0 radical (unpaired) electrons. The van der Waals surface area contributed by atoms with Crippen molar-refractivity contribution in [3.8, 4) is 0 Å². The Morgan fingerprint density at radius 3 is 2.88 bits per heavy atom. The van der Waals surface area contributed by atoms with E-state index in [0.717, 1.165) is 36.3 Å². The van der Waals surface area contributed by atoms with Crippen LogP contribution in [-0.2, 0) is 9.59 Å². The zero-order valence-corrected chi connectivity index (χ0v) is 14.5. The number of carbonyl (C=O) groups is 3. The molecule has 1 saturated heterocycles. The predicted molar refractivity (Wildman–Crippen MR) is 90.6 cm³/mol. The van der Waals surface area contributed by atoms with Crippen molar-refractivity contribution in [3.63, 3.8) is 0 Å². The Labute approximate surface area is 149 Å². The minimum atomic E-state index is -0.900. The lowest BCUT2D eigenvalue weighted by Crippen LogP contribution is -2.54. The molecule has 1 aromatic rings. The van der Waals surface area contributed by atoms with Crippen LogP contribution in [0.15, 0.2) is 18.2 Å². The first-order valence-corrected chi connectivity index (χ1v) is 8.60. The summed E-state index contributed by atoms with van der Waals surface area (Å²) in [6, 6.07) is 3.00. The molecule has 4 amide bonds. The quantitative estimate of drug-likeness (QED) is 0.806. The number of rotatable bonds is 3. The third kappa shape index (κ3) is 3.20. The van der Waals surface area contributed by atoms with Gasteiger partial charge in [0.25, 0.3) is 5.91 Å². The molecule has 2 fully saturated rings. The maximum Gasteiger partial charge on any atom is 0.325 e. The number of benzene rings is 1. The van der Waals surface area contributed by atoms with Gasteiger partial charge in [-0.25, -0.2) is 9.18 Å². The van der Waals surface area contributed by atoms with E-state index in [1.807, 2.05) is 6.92 Å². The molecule has 25 heavy (non-hydrogen) atoms. The Morgan fingerprint density at radius 1 is 1.44 bits per heavy atom. The molecule has 3 rings (SSSR count). The predicted octanol–water partition coefficient (Wildman–Crippen LogP) is 2.92. The first-order chi connectivity index (χ1) is 11.8. The summed E-state index contributed by atoms with van der Waals surface area (Å²) in [7, 11) is 0. The Balaban J connectivity index is 1.71. The molecule has 134 valence electrons. The zero-order chi connectivity index (χ0) is 18.2. The van der Waals surface area contributed by atoms with Crippen LogP contribution in [0, 0.1) is 11.7 Å². The van der Waals surface area contributed by atoms with Gasteiger partial charge in [-0.1, -0.05) is 31.4 Å². The monoisotopic (exact) mass is 367 g/mol. The molecule has 1 saturated carbocycles. The van der Waals surface area contributed by atoms with Gasteiger partial charge in [0.2, 0.25) is 5.91 Å². The van der Waals surface area contributed by atoms with E-state index in [1.54, 1.807) is 0 Å². The summed E-state index contributed by atoms with van der Waals surface area (Å²) < 4.78 is 13.1. The van der Waals surface area contributed by atoms with Crippen LogP contribution in [0.4, 0.5) is 14.9 Å². The standard InChI is InChI=1S/C17H19ClFN3O3/c1-10-4-2-3-7-17(10)15(24)22(16(25)21-17)9-14(23)20-13-6-5-11(19)8-12(13)18/h5-6,8,10H,2-4,7,9H2,1H3,(H,20,23)(H,21,25)/t10-,17+/m0/s1. The van der Waals surface area contributed by atoms with E-state index in [0.29, 0.717) is 6.42 Å². The van der Waals surface area contributed by atoms with Crippen LogP contribution in [-0.4, -0.2) is 34.8 Å². The minimum absolute atomic E-state index is 0.0253. The van der Waals surface area contributed by atoms with Gasteiger partial charge in [-0.2, -0.15) is 0 Å². The Hall–Kier alpha value is -2.15. The fourth-order valence-electron chi connectivity index (χ4n) is 3.56. The molecule has 8 heteroatoms. The van der Waals surface area contributed by atoms with Crippen molar-refractivity contribution in [2.75, 3.05) is 11.9 Å². The van der Waals surface area contributed by atoms with Gasteiger partial charge in [0, 0.05) is 0 Å². The zero-order valence-electron chi connectivity index (χ0n) is 13.8. The van der Waals surface area contributed by atoms with Crippen LogP contribution in [0.25, 0.3) is 0 Å². The summed E-state index contributed by atoms with van der Waals surface area (Å²) in [6.07, 6.45) is 3.33. The van der Waals surface area contributed by atoms with Crippen molar-refractivity contribution in [1.82, 2.24) is 10.2 Å². The molecule has 1 spiro atoms. The van der Waals surface area contributed by atoms with E-state index in [9.17, 15) is 18.8 Å². The van der Waals surface area contributed by atoms with Gasteiger partial charge in [0.1, 0.15) is 17.9 Å². The van der Waals surface area contributed by atoms with E-state index in [4.69, 9.17) is 11.6 Å². The van der Waals surface area contributed by atoms with Crippen LogP contribution >= 0.6 is 11.6 Å². The lowest BCUT2D eigenvalue weighted by molar-refractivity contribution is -0.136. The molecule has 2 atom stereocenters. The largest absolute Gasteiger partial charge is 0.325 e. The number of imide groups is 1. The average Bonchev–Trinajstić information content (AvgIpc) is 2.78. The summed E-state index contributed by atoms with van der Waals surface area (Å²) in [4.78, 5) is 38.2. The van der Waals surface area contributed by atoms with Crippen molar-refractivity contribution in [1.29, 1.82) is 0 Å². The van der Waals surface area contributed by atoms with Crippen molar-refractivity contribution in [2.24, 2.45) is 5.92 Å². The van der Waals surface area contributed by atoms with Gasteiger partial charge in [0.15, 0.2) is 0 Å². The van der Waals surface area contributed by atoms with Crippen LogP contribution in [0.5, 0.6) is 0 Å². The molecular formula is C17H19ClFN3O3. The van der Waals surface area contributed by atoms with Gasteiger partial charge in [-0.3, -0.25) is 14.5 Å². The summed E-state index contributed by atoms with van der Waals surface area (Å²) in [5, 5.41) is 5.33. The number of halogens is 2. The molecule has 1 aromatic carbocycles. The van der Waals surface area contributed by atoms with E-state index in [-0.39, 0.29) is 22.5 Å². The normalized spacial score (nSPS) is 26.0. The minimum Gasteiger partial charge on any atom is -0.323 e. The molecule has 1 aliphatic carbocycles. The smallest absolute Gasteiger partial charge is 0.323 e. The third-order valence-corrected chi connectivity index (χ3v) is 5.32. The SMILES string of the molecule is C[C@H]1CCCC[C@@]12NC(=O)N(CC(=O)Nc1ccc(F)cc1Cl)C2=O. The summed E-state index contributed by atoms with van der Waals surface area (Å²) in [6.45, 7) is 1.53. The van der Waals surface area contributed by atoms with Crippen molar-refractivity contribution >= 4 is 35.1 Å². The number of anilines is 1. The number of hydrogen-bond donors (Lipinski definition) is 2. The molecule has 1 heterocycles. The highest BCUT2D eigenvalue weighted by molar-refractivity contribution is 6.33. The summed E-state index contributed by atoms with van der Waals surface area (Å²) in [5.74, 6) is -1.43. The van der Waals surface area contributed by atoms with Crippen LogP contribution in [0.1, 0.15) is 32.6 Å². The van der Waals surface area contributed by atoms with Gasteiger partial charge in [-0.15, -0.1) is 0 Å². The second-order valence-electron chi connectivity index (χ2n) is 6.61. The van der Waals surface area contributed by atoms with Crippen molar-refractivity contribution in [3.05, 3.63) is 29.0 Å². The molecule has 0 aromatic heterocycles. The summed E-state index contributed by atoms with van der Waals surface area (Å²) >= 11 is 5.87. The van der Waals surface area contributed by atoms with Gasteiger partial charge < -0.3 is 10.6 Å².